The number of nitrogens with zero attached hydrogens (tertiary/aromatic N) is 4. The van der Waals surface area contributed by atoms with Gasteiger partial charge in [-0.3, -0.25) is 14.7 Å². The van der Waals surface area contributed by atoms with Crippen molar-refractivity contribution in [3.63, 3.8) is 0 Å². The average Bonchev–Trinajstić information content (AvgIpc) is 2.83. The van der Waals surface area contributed by atoms with Gasteiger partial charge in [-0.05, 0) is 12.1 Å². The van der Waals surface area contributed by atoms with Crippen LogP contribution in [0.5, 0.6) is 0 Å². The molecule has 10 nitrogen and oxygen atoms in total. The lowest BCUT2D eigenvalue weighted by Crippen LogP contribution is -2.31. The van der Waals surface area contributed by atoms with Gasteiger partial charge in [-0.25, -0.2) is 22.6 Å². The first kappa shape index (κ1) is 19.6. The highest BCUT2D eigenvalue weighted by Crippen LogP contribution is 2.25. The minimum atomic E-state index is -4.82. The molecule has 0 saturated heterocycles. The molecule has 142 valence electrons. The fourth-order valence-corrected chi connectivity index (χ4v) is 3.02. The number of nitrogens with one attached hydrogen (secondary N) is 1. The smallest absolute Gasteiger partial charge is 0.274 e. The lowest BCUT2D eigenvalue weighted by atomic mass is 10.3. The Hall–Kier alpha value is -2.74. The third kappa shape index (κ3) is 4.08. The molecular weight excluding hydrogens is 383 g/mol. The van der Waals surface area contributed by atoms with Gasteiger partial charge in [-0.2, -0.15) is 13.2 Å². The van der Waals surface area contributed by atoms with Gasteiger partial charge in [0.2, 0.25) is 15.8 Å². The second-order valence-electron chi connectivity index (χ2n) is 5.03. The molecule has 0 aliphatic rings. The van der Waals surface area contributed by atoms with Crippen LogP contribution >= 0.6 is 0 Å². The fraction of sp³-hybridized carbons (Fsp3) is 0.333. The quantitative estimate of drug-likeness (QED) is 0.560. The molecule has 0 saturated carbocycles. The molecule has 2 rings (SSSR count). The zero-order valence-electron chi connectivity index (χ0n) is 13.1. The third-order valence-corrected chi connectivity index (χ3v) is 4.74. The Morgan fingerprint density at radius 3 is 2.31 bits per heavy atom. The van der Waals surface area contributed by atoms with Crippen LogP contribution in [0.25, 0.3) is 0 Å². The number of non-ortho nitro benzene ring substituents is 1. The molecule has 0 unspecified atom stereocenters. The minimum absolute atomic E-state index is 0.271. The molecule has 0 aliphatic heterocycles. The summed E-state index contributed by atoms with van der Waals surface area (Å²) >= 11 is 0. The van der Waals surface area contributed by atoms with E-state index < -0.39 is 45.7 Å². The average molecular weight is 395 g/mol. The Balaban J connectivity index is 2.09. The van der Waals surface area contributed by atoms with E-state index in [0.717, 1.165) is 31.3 Å². The Labute approximate surface area is 144 Å². The molecule has 0 atom stereocenters. The Kier molecular flexibility index (Phi) is 5.18. The van der Waals surface area contributed by atoms with Gasteiger partial charge in [0.05, 0.1) is 16.4 Å². The van der Waals surface area contributed by atoms with Crippen molar-refractivity contribution in [2.75, 3.05) is 6.54 Å². The third-order valence-electron chi connectivity index (χ3n) is 3.27. The van der Waals surface area contributed by atoms with Crippen LogP contribution in [0.4, 0.5) is 18.9 Å². The summed E-state index contributed by atoms with van der Waals surface area (Å²) in [7, 11) is -3.16. The number of hydrogen-bond acceptors (Lipinski definition) is 6. The van der Waals surface area contributed by atoms with Crippen molar-refractivity contribution in [1.82, 2.24) is 19.1 Å². The van der Waals surface area contributed by atoms with Crippen LogP contribution < -0.4 is 10.4 Å². The molecule has 0 amide bonds. The number of aromatic nitrogens is 3. The molecule has 0 radical (unpaired) electrons. The fourth-order valence-electron chi connectivity index (χ4n) is 2.00. The van der Waals surface area contributed by atoms with Gasteiger partial charge in [0.15, 0.2) is 0 Å². The van der Waals surface area contributed by atoms with Gasteiger partial charge in [0, 0.05) is 25.7 Å². The van der Waals surface area contributed by atoms with E-state index in [0.29, 0.717) is 9.25 Å². The van der Waals surface area contributed by atoms with Crippen molar-refractivity contribution in [3.8, 4) is 0 Å². The number of hydrogen-bond donors (Lipinski definition) is 1. The molecule has 1 aromatic heterocycles. The highest BCUT2D eigenvalue weighted by Gasteiger charge is 2.37. The molecule has 14 heteroatoms. The maximum absolute atomic E-state index is 12.7. The monoisotopic (exact) mass is 395 g/mol. The van der Waals surface area contributed by atoms with Crippen molar-refractivity contribution in [2.24, 2.45) is 7.05 Å². The summed E-state index contributed by atoms with van der Waals surface area (Å²) in [4.78, 5) is 21.3. The van der Waals surface area contributed by atoms with Crippen molar-refractivity contribution in [2.45, 2.75) is 17.6 Å². The first-order chi connectivity index (χ1) is 11.9. The zero-order valence-corrected chi connectivity index (χ0v) is 13.9. The van der Waals surface area contributed by atoms with E-state index in [1.165, 1.54) is 0 Å². The Bertz CT molecular complexity index is 978. The number of halogens is 3. The van der Waals surface area contributed by atoms with Gasteiger partial charge in [0.1, 0.15) is 0 Å². The number of benzene rings is 1. The van der Waals surface area contributed by atoms with Gasteiger partial charge >= 0.3 is 11.9 Å². The van der Waals surface area contributed by atoms with Crippen LogP contribution in [0.2, 0.25) is 0 Å². The van der Waals surface area contributed by atoms with E-state index in [1.54, 1.807) is 0 Å². The number of nitro groups is 1. The summed E-state index contributed by atoms with van der Waals surface area (Å²) in [5.41, 5.74) is -1.35. The van der Waals surface area contributed by atoms with Crippen LogP contribution in [-0.4, -0.2) is 34.2 Å². The number of rotatable bonds is 6. The molecule has 26 heavy (non-hydrogen) atoms. The van der Waals surface area contributed by atoms with E-state index in [4.69, 9.17) is 0 Å². The molecule has 0 fully saturated rings. The largest absolute Gasteiger partial charge is 0.451 e. The lowest BCUT2D eigenvalue weighted by molar-refractivity contribution is -0.384. The van der Waals surface area contributed by atoms with Gasteiger partial charge in [0.25, 0.3) is 5.69 Å². The number of sulfonamides is 1. The number of alkyl halides is 3. The standard InChI is InChI=1S/C12H12F3N5O5S/c1-18-10(12(13,14)15)17-19(11(18)21)7-6-16-26(24,25)9-4-2-8(3-5-9)20(22)23/h2-5,16H,6-7H2,1H3. The van der Waals surface area contributed by atoms with Gasteiger partial charge in [-0.1, -0.05) is 0 Å². The molecule has 0 spiro atoms. The normalized spacial score (nSPS) is 12.3. The summed E-state index contributed by atoms with van der Waals surface area (Å²) in [6.07, 6.45) is -4.82. The summed E-state index contributed by atoms with van der Waals surface area (Å²) in [6, 6.07) is 4.01. The van der Waals surface area contributed by atoms with Crippen molar-refractivity contribution in [3.05, 3.63) is 50.7 Å². The predicted molar refractivity (Wildman–Crippen MR) is 80.8 cm³/mol. The van der Waals surface area contributed by atoms with Crippen LogP contribution in [0, 0.1) is 10.1 Å². The summed E-state index contributed by atoms with van der Waals surface area (Å²) < 4.78 is 65.0. The Morgan fingerprint density at radius 1 is 1.27 bits per heavy atom. The van der Waals surface area contributed by atoms with E-state index >= 15 is 0 Å². The molecule has 0 aliphatic carbocycles. The number of nitro benzene ring substituents is 1. The van der Waals surface area contributed by atoms with E-state index in [1.807, 2.05) is 0 Å². The first-order valence-corrected chi connectivity index (χ1v) is 8.37. The second-order valence-corrected chi connectivity index (χ2v) is 6.80. The van der Waals surface area contributed by atoms with Crippen molar-refractivity contribution in [1.29, 1.82) is 0 Å². The van der Waals surface area contributed by atoms with E-state index in [9.17, 15) is 36.5 Å². The molecule has 0 bridgehead atoms. The molecule has 1 aromatic carbocycles. The summed E-state index contributed by atoms with van der Waals surface area (Å²) in [5.74, 6) is -1.40. The molecule has 1 N–H and O–H groups in total. The molecule has 2 aromatic rings. The highest BCUT2D eigenvalue weighted by molar-refractivity contribution is 7.89. The van der Waals surface area contributed by atoms with E-state index in [2.05, 4.69) is 9.82 Å². The van der Waals surface area contributed by atoms with Crippen molar-refractivity contribution < 1.29 is 26.5 Å². The van der Waals surface area contributed by atoms with Gasteiger partial charge in [-0.15, -0.1) is 5.10 Å². The first-order valence-electron chi connectivity index (χ1n) is 6.88. The zero-order chi connectivity index (χ0) is 19.7. The van der Waals surface area contributed by atoms with Gasteiger partial charge < -0.3 is 0 Å². The molecular formula is C12H12F3N5O5S. The lowest BCUT2D eigenvalue weighted by Gasteiger charge is -2.06. The molecule has 1 heterocycles. The van der Waals surface area contributed by atoms with Crippen LogP contribution in [-0.2, 0) is 29.8 Å². The summed E-state index contributed by atoms with van der Waals surface area (Å²) in [6.45, 7) is -0.845. The van der Waals surface area contributed by atoms with Crippen LogP contribution in [0.15, 0.2) is 34.0 Å². The topological polar surface area (TPSA) is 129 Å². The highest BCUT2D eigenvalue weighted by atomic mass is 32.2. The van der Waals surface area contributed by atoms with Crippen LogP contribution in [0.1, 0.15) is 5.82 Å². The Morgan fingerprint density at radius 2 is 1.85 bits per heavy atom. The maximum Gasteiger partial charge on any atom is 0.451 e. The minimum Gasteiger partial charge on any atom is -0.274 e. The van der Waals surface area contributed by atoms with Crippen LogP contribution in [0.3, 0.4) is 0 Å². The summed E-state index contributed by atoms with van der Waals surface area (Å²) in [5, 5.41) is 13.7. The van der Waals surface area contributed by atoms with Crippen molar-refractivity contribution >= 4 is 15.7 Å². The predicted octanol–water partition coefficient (Wildman–Crippen LogP) is 0.487. The maximum atomic E-state index is 12.7. The SMILES string of the molecule is Cn1c(C(F)(F)F)nn(CCNS(=O)(=O)c2ccc([N+](=O)[O-])cc2)c1=O. The second kappa shape index (κ2) is 6.87. The van der Waals surface area contributed by atoms with E-state index in [-0.39, 0.29) is 10.6 Å².